The summed E-state index contributed by atoms with van der Waals surface area (Å²) in [6.07, 6.45) is 4.43. The second-order valence-corrected chi connectivity index (χ2v) is 5.87. The summed E-state index contributed by atoms with van der Waals surface area (Å²) in [7, 11) is 1.47. The van der Waals surface area contributed by atoms with Crippen LogP contribution in [0.2, 0.25) is 0 Å². The highest BCUT2D eigenvalue weighted by atomic mass is 79.9. The topological polar surface area (TPSA) is 77.8 Å². The zero-order valence-electron chi connectivity index (χ0n) is 11.8. The lowest BCUT2D eigenvalue weighted by molar-refractivity contribution is -0.142. The molecule has 2 heterocycles. The number of hydrogen-bond acceptors (Lipinski definition) is 4. The van der Waals surface area contributed by atoms with Gasteiger partial charge in [0.1, 0.15) is 11.8 Å². The van der Waals surface area contributed by atoms with Crippen LogP contribution in [0.15, 0.2) is 21.5 Å². The van der Waals surface area contributed by atoms with Crippen molar-refractivity contribution in [1.29, 1.82) is 0 Å². The number of halogens is 1. The van der Waals surface area contributed by atoms with E-state index in [-0.39, 0.29) is 18.1 Å². The van der Waals surface area contributed by atoms with E-state index in [0.29, 0.717) is 16.8 Å². The normalized spacial score (nSPS) is 20.0. The van der Waals surface area contributed by atoms with Crippen LogP contribution in [0.25, 0.3) is 0 Å². The second-order valence-electron chi connectivity index (χ2n) is 5.01. The minimum Gasteiger partial charge on any atom is -0.494 e. The molecule has 0 saturated carbocycles. The number of rotatable bonds is 5. The molecule has 1 aromatic heterocycles. The molecule has 0 aromatic carbocycles. The summed E-state index contributed by atoms with van der Waals surface area (Å²) in [6, 6.07) is 0.360. The van der Waals surface area contributed by atoms with Gasteiger partial charge in [-0.05, 0) is 35.2 Å². The van der Waals surface area contributed by atoms with Crippen LogP contribution in [0.1, 0.15) is 31.7 Å². The number of carbonyl (C=O) groups is 1. The summed E-state index contributed by atoms with van der Waals surface area (Å²) in [5.74, 6) is -0.624. The number of ether oxygens (including phenoxy) is 2. The smallest absolute Gasteiger partial charge is 0.326 e. The molecule has 1 saturated heterocycles. The third kappa shape index (κ3) is 3.85. The zero-order valence-corrected chi connectivity index (χ0v) is 13.3. The molecular weight excluding hydrogens is 342 g/mol. The molecule has 1 fully saturated rings. The molecule has 0 amide bonds. The van der Waals surface area contributed by atoms with Crippen LogP contribution >= 0.6 is 15.9 Å². The van der Waals surface area contributed by atoms with Crippen LogP contribution in [0, 0.1) is 0 Å². The van der Waals surface area contributed by atoms with Crippen molar-refractivity contribution in [2.75, 3.05) is 13.7 Å². The SMILES string of the molecule is COc1cn(C(C[C@@H]2CCCCO2)C(=O)O)c(=O)cc1Br. The van der Waals surface area contributed by atoms with Gasteiger partial charge in [0.2, 0.25) is 0 Å². The summed E-state index contributed by atoms with van der Waals surface area (Å²) in [5, 5.41) is 9.45. The lowest BCUT2D eigenvalue weighted by Crippen LogP contribution is -2.33. The fourth-order valence-electron chi connectivity index (χ4n) is 2.48. The van der Waals surface area contributed by atoms with Gasteiger partial charge < -0.3 is 14.6 Å². The Labute approximate surface area is 130 Å². The van der Waals surface area contributed by atoms with E-state index in [2.05, 4.69) is 15.9 Å². The van der Waals surface area contributed by atoms with Crippen molar-refractivity contribution >= 4 is 21.9 Å². The van der Waals surface area contributed by atoms with E-state index in [4.69, 9.17) is 9.47 Å². The molecule has 2 rings (SSSR count). The molecule has 1 aromatic rings. The molecule has 1 aliphatic heterocycles. The van der Waals surface area contributed by atoms with Crippen LogP contribution in [-0.2, 0) is 9.53 Å². The molecule has 0 bridgehead atoms. The van der Waals surface area contributed by atoms with Gasteiger partial charge in [0.05, 0.1) is 23.9 Å². The Balaban J connectivity index is 2.29. The first-order valence-corrected chi connectivity index (χ1v) is 7.62. The van der Waals surface area contributed by atoms with E-state index in [0.717, 1.165) is 19.3 Å². The van der Waals surface area contributed by atoms with E-state index in [9.17, 15) is 14.7 Å². The van der Waals surface area contributed by atoms with Crippen molar-refractivity contribution in [2.45, 2.75) is 37.8 Å². The summed E-state index contributed by atoms with van der Waals surface area (Å²) in [4.78, 5) is 23.6. The average Bonchev–Trinajstić information content (AvgIpc) is 2.46. The quantitative estimate of drug-likeness (QED) is 0.871. The van der Waals surface area contributed by atoms with Gasteiger partial charge >= 0.3 is 5.97 Å². The fourth-order valence-corrected chi connectivity index (χ4v) is 2.94. The molecule has 116 valence electrons. The van der Waals surface area contributed by atoms with Crippen LogP contribution in [0.3, 0.4) is 0 Å². The van der Waals surface area contributed by atoms with Crippen LogP contribution in [0.4, 0.5) is 0 Å². The van der Waals surface area contributed by atoms with Crippen LogP contribution in [-0.4, -0.2) is 35.5 Å². The zero-order chi connectivity index (χ0) is 15.4. The van der Waals surface area contributed by atoms with Crippen molar-refractivity contribution in [3.8, 4) is 5.75 Å². The van der Waals surface area contributed by atoms with Crippen LogP contribution in [0.5, 0.6) is 5.75 Å². The van der Waals surface area contributed by atoms with E-state index in [1.807, 2.05) is 0 Å². The highest BCUT2D eigenvalue weighted by Crippen LogP contribution is 2.26. The Hall–Kier alpha value is -1.34. The molecule has 1 unspecified atom stereocenters. The van der Waals surface area contributed by atoms with E-state index < -0.39 is 12.0 Å². The first-order chi connectivity index (χ1) is 10.0. The monoisotopic (exact) mass is 359 g/mol. The van der Waals surface area contributed by atoms with Crippen molar-refractivity contribution < 1.29 is 19.4 Å². The molecule has 6 nitrogen and oxygen atoms in total. The Morgan fingerprint density at radius 1 is 1.62 bits per heavy atom. The van der Waals surface area contributed by atoms with Crippen molar-refractivity contribution in [2.24, 2.45) is 0 Å². The molecule has 2 atom stereocenters. The average molecular weight is 360 g/mol. The molecule has 1 aliphatic rings. The largest absolute Gasteiger partial charge is 0.494 e. The molecule has 0 radical (unpaired) electrons. The molecule has 0 aliphatic carbocycles. The summed E-state index contributed by atoms with van der Waals surface area (Å²) < 4.78 is 12.4. The Morgan fingerprint density at radius 2 is 2.38 bits per heavy atom. The Kier molecular flexibility index (Phi) is 5.41. The van der Waals surface area contributed by atoms with E-state index in [1.165, 1.54) is 23.9 Å². The van der Waals surface area contributed by atoms with Gasteiger partial charge in [-0.3, -0.25) is 9.36 Å². The lowest BCUT2D eigenvalue weighted by Gasteiger charge is -2.26. The maximum atomic E-state index is 12.1. The second kappa shape index (κ2) is 7.09. The number of aromatic nitrogens is 1. The first-order valence-electron chi connectivity index (χ1n) is 6.83. The molecule has 0 spiro atoms. The summed E-state index contributed by atoms with van der Waals surface area (Å²) in [5.41, 5.74) is -0.383. The van der Waals surface area contributed by atoms with E-state index >= 15 is 0 Å². The molecule has 7 heteroatoms. The summed E-state index contributed by atoms with van der Waals surface area (Å²) >= 11 is 3.22. The number of nitrogens with zero attached hydrogens (tertiary/aromatic N) is 1. The fraction of sp³-hybridized carbons (Fsp3) is 0.571. The summed E-state index contributed by atoms with van der Waals surface area (Å²) in [6.45, 7) is 0.648. The molecule has 1 N–H and O–H groups in total. The van der Waals surface area contributed by atoms with Crippen LogP contribution < -0.4 is 10.3 Å². The number of carboxylic acids is 1. The standard InChI is InChI=1S/C14H18BrNO5/c1-20-12-8-16(13(17)7-10(12)15)11(14(18)19)6-9-4-2-3-5-21-9/h7-9,11H,2-6H2,1H3,(H,18,19)/t9-,11?/m0/s1. The number of methoxy groups -OCH3 is 1. The Bertz CT molecular complexity index is 565. The highest BCUT2D eigenvalue weighted by molar-refractivity contribution is 9.10. The first kappa shape index (κ1) is 16.0. The van der Waals surface area contributed by atoms with Gasteiger partial charge in [-0.1, -0.05) is 0 Å². The van der Waals surface area contributed by atoms with Gasteiger partial charge in [-0.15, -0.1) is 0 Å². The highest BCUT2D eigenvalue weighted by Gasteiger charge is 2.27. The maximum absolute atomic E-state index is 12.1. The minimum absolute atomic E-state index is 0.124. The molecular formula is C14H18BrNO5. The number of hydrogen-bond donors (Lipinski definition) is 1. The van der Waals surface area contributed by atoms with Crippen molar-refractivity contribution in [3.05, 3.63) is 27.1 Å². The van der Waals surface area contributed by atoms with Gasteiger partial charge in [0.25, 0.3) is 5.56 Å². The molecule has 21 heavy (non-hydrogen) atoms. The van der Waals surface area contributed by atoms with Gasteiger partial charge in [-0.25, -0.2) is 4.79 Å². The van der Waals surface area contributed by atoms with Gasteiger partial charge in [0.15, 0.2) is 0 Å². The number of carboxylic acid groups (broad SMARTS) is 1. The lowest BCUT2D eigenvalue weighted by atomic mass is 10.0. The van der Waals surface area contributed by atoms with Crippen molar-refractivity contribution in [3.63, 3.8) is 0 Å². The third-order valence-corrected chi connectivity index (χ3v) is 4.22. The number of aliphatic carboxylic acids is 1. The van der Waals surface area contributed by atoms with Gasteiger partial charge in [-0.2, -0.15) is 0 Å². The predicted molar refractivity (Wildman–Crippen MR) is 79.8 cm³/mol. The van der Waals surface area contributed by atoms with E-state index in [1.54, 1.807) is 0 Å². The van der Waals surface area contributed by atoms with Crippen molar-refractivity contribution in [1.82, 2.24) is 4.57 Å². The number of pyridine rings is 1. The Morgan fingerprint density at radius 3 is 2.95 bits per heavy atom. The minimum atomic E-state index is -1.05. The predicted octanol–water partition coefficient (Wildman–Crippen LogP) is 2.20. The third-order valence-electron chi connectivity index (χ3n) is 3.60. The maximum Gasteiger partial charge on any atom is 0.326 e. The van der Waals surface area contributed by atoms with Gasteiger partial charge in [0, 0.05) is 19.1 Å².